The minimum absolute atomic E-state index is 0.00745. The van der Waals surface area contributed by atoms with Gasteiger partial charge in [0.15, 0.2) is 0 Å². The van der Waals surface area contributed by atoms with Gasteiger partial charge in [-0.15, -0.1) is 0 Å². The van der Waals surface area contributed by atoms with Crippen molar-refractivity contribution in [3.05, 3.63) is 46.4 Å². The SMILES string of the molecule is CCCNc1ncccc1Cn1cc([N+](=O)[O-])cn1. The third kappa shape index (κ3) is 3.27. The van der Waals surface area contributed by atoms with Crippen LogP contribution in [-0.4, -0.2) is 26.2 Å². The van der Waals surface area contributed by atoms with E-state index in [9.17, 15) is 10.1 Å². The van der Waals surface area contributed by atoms with Gasteiger partial charge in [0, 0.05) is 18.3 Å². The first kappa shape index (κ1) is 13.0. The molecule has 7 heteroatoms. The summed E-state index contributed by atoms with van der Waals surface area (Å²) in [7, 11) is 0. The second-order valence-corrected chi connectivity index (χ2v) is 4.09. The van der Waals surface area contributed by atoms with Crippen LogP contribution in [0.3, 0.4) is 0 Å². The van der Waals surface area contributed by atoms with Crippen molar-refractivity contribution < 1.29 is 4.92 Å². The van der Waals surface area contributed by atoms with E-state index in [-0.39, 0.29) is 5.69 Å². The number of hydrogen-bond acceptors (Lipinski definition) is 5. The minimum Gasteiger partial charge on any atom is -0.370 e. The van der Waals surface area contributed by atoms with Crippen LogP contribution in [-0.2, 0) is 6.54 Å². The first-order valence-corrected chi connectivity index (χ1v) is 6.05. The zero-order valence-corrected chi connectivity index (χ0v) is 10.6. The van der Waals surface area contributed by atoms with Gasteiger partial charge >= 0.3 is 5.69 Å². The molecule has 0 fully saturated rings. The molecule has 0 aliphatic heterocycles. The molecule has 0 aliphatic carbocycles. The van der Waals surface area contributed by atoms with Crippen molar-refractivity contribution in [3.8, 4) is 0 Å². The first-order valence-electron chi connectivity index (χ1n) is 6.05. The molecule has 0 bridgehead atoms. The largest absolute Gasteiger partial charge is 0.370 e. The molecule has 2 heterocycles. The molecule has 0 radical (unpaired) electrons. The van der Waals surface area contributed by atoms with E-state index in [1.54, 1.807) is 6.20 Å². The van der Waals surface area contributed by atoms with Crippen molar-refractivity contribution in [3.63, 3.8) is 0 Å². The molecule has 0 amide bonds. The predicted molar refractivity (Wildman–Crippen MR) is 71.0 cm³/mol. The molecule has 1 N–H and O–H groups in total. The van der Waals surface area contributed by atoms with Crippen molar-refractivity contribution in [2.75, 3.05) is 11.9 Å². The summed E-state index contributed by atoms with van der Waals surface area (Å²) in [6, 6.07) is 3.77. The number of nitro groups is 1. The fourth-order valence-corrected chi connectivity index (χ4v) is 1.68. The molecule has 0 aliphatic rings. The molecule has 0 saturated carbocycles. The maximum atomic E-state index is 10.6. The Balaban J connectivity index is 2.15. The van der Waals surface area contributed by atoms with E-state index in [1.807, 2.05) is 12.1 Å². The van der Waals surface area contributed by atoms with Crippen LogP contribution in [0.5, 0.6) is 0 Å². The van der Waals surface area contributed by atoms with Gasteiger partial charge in [-0.05, 0) is 12.5 Å². The fraction of sp³-hybridized carbons (Fsp3) is 0.333. The van der Waals surface area contributed by atoms with Crippen molar-refractivity contribution >= 4 is 11.5 Å². The van der Waals surface area contributed by atoms with E-state index in [4.69, 9.17) is 0 Å². The summed E-state index contributed by atoms with van der Waals surface area (Å²) < 4.78 is 1.53. The summed E-state index contributed by atoms with van der Waals surface area (Å²) in [5, 5.41) is 17.8. The Morgan fingerprint density at radius 1 is 1.53 bits per heavy atom. The van der Waals surface area contributed by atoms with E-state index in [1.165, 1.54) is 17.1 Å². The highest BCUT2D eigenvalue weighted by Crippen LogP contribution is 2.15. The third-order valence-corrected chi connectivity index (χ3v) is 2.60. The van der Waals surface area contributed by atoms with Crippen molar-refractivity contribution in [1.29, 1.82) is 0 Å². The Bertz CT molecular complexity index is 567. The normalized spacial score (nSPS) is 10.4. The zero-order chi connectivity index (χ0) is 13.7. The van der Waals surface area contributed by atoms with Crippen LogP contribution >= 0.6 is 0 Å². The van der Waals surface area contributed by atoms with E-state index < -0.39 is 4.92 Å². The Hall–Kier alpha value is -2.44. The average molecular weight is 261 g/mol. The lowest BCUT2D eigenvalue weighted by Gasteiger charge is -2.09. The van der Waals surface area contributed by atoms with E-state index in [0.717, 1.165) is 24.3 Å². The Labute approximate surface area is 110 Å². The van der Waals surface area contributed by atoms with Gasteiger partial charge in [-0.25, -0.2) is 4.98 Å². The molecule has 100 valence electrons. The molecule has 0 spiro atoms. The molecule has 0 saturated heterocycles. The van der Waals surface area contributed by atoms with Gasteiger partial charge < -0.3 is 5.32 Å². The molecule has 7 nitrogen and oxygen atoms in total. The van der Waals surface area contributed by atoms with Crippen molar-refractivity contribution in [2.45, 2.75) is 19.9 Å². The second kappa shape index (κ2) is 5.94. The maximum absolute atomic E-state index is 10.6. The Morgan fingerprint density at radius 2 is 2.37 bits per heavy atom. The zero-order valence-electron chi connectivity index (χ0n) is 10.6. The first-order chi connectivity index (χ1) is 9.20. The average Bonchev–Trinajstić information content (AvgIpc) is 2.86. The number of nitrogens with one attached hydrogen (secondary N) is 1. The van der Waals surface area contributed by atoms with Gasteiger partial charge in [0.05, 0.1) is 11.5 Å². The number of aromatic nitrogens is 3. The van der Waals surface area contributed by atoms with Crippen LogP contribution in [0.1, 0.15) is 18.9 Å². The quantitative estimate of drug-likeness (QED) is 0.635. The summed E-state index contributed by atoms with van der Waals surface area (Å²) >= 11 is 0. The van der Waals surface area contributed by atoms with Gasteiger partial charge in [0.1, 0.15) is 18.2 Å². The topological polar surface area (TPSA) is 85.9 Å². The number of hydrogen-bond donors (Lipinski definition) is 1. The summed E-state index contributed by atoms with van der Waals surface area (Å²) in [6.07, 6.45) is 5.38. The highest BCUT2D eigenvalue weighted by atomic mass is 16.6. The lowest BCUT2D eigenvalue weighted by Crippen LogP contribution is -2.08. The van der Waals surface area contributed by atoms with E-state index >= 15 is 0 Å². The molecular weight excluding hydrogens is 246 g/mol. The summed E-state index contributed by atoms with van der Waals surface area (Å²) in [4.78, 5) is 14.4. The molecule has 19 heavy (non-hydrogen) atoms. The smallest absolute Gasteiger partial charge is 0.307 e. The number of nitrogens with zero attached hydrogens (tertiary/aromatic N) is 4. The van der Waals surface area contributed by atoms with Crippen molar-refractivity contribution in [2.24, 2.45) is 0 Å². The highest BCUT2D eigenvalue weighted by molar-refractivity contribution is 5.43. The van der Waals surface area contributed by atoms with Crippen LogP contribution in [0, 0.1) is 10.1 Å². The molecular formula is C12H15N5O2. The molecule has 2 rings (SSSR count). The Morgan fingerprint density at radius 3 is 3.05 bits per heavy atom. The molecule has 0 atom stereocenters. The second-order valence-electron chi connectivity index (χ2n) is 4.09. The number of pyridine rings is 1. The van der Waals surface area contributed by atoms with E-state index in [2.05, 4.69) is 22.3 Å². The molecule has 2 aromatic rings. The number of anilines is 1. The van der Waals surface area contributed by atoms with Gasteiger partial charge in [0.2, 0.25) is 0 Å². The highest BCUT2D eigenvalue weighted by Gasteiger charge is 2.10. The standard InChI is InChI=1S/C12H15N5O2/c1-2-5-13-12-10(4-3-6-14-12)8-16-9-11(7-15-16)17(18)19/h3-4,6-7,9H,2,5,8H2,1H3,(H,13,14). The molecule has 2 aromatic heterocycles. The van der Waals surface area contributed by atoms with Crippen molar-refractivity contribution in [1.82, 2.24) is 14.8 Å². The van der Waals surface area contributed by atoms with Crippen LogP contribution in [0.2, 0.25) is 0 Å². The predicted octanol–water partition coefficient (Wildman–Crippen LogP) is 2.06. The summed E-state index contributed by atoms with van der Waals surface area (Å²) in [5.74, 6) is 0.794. The minimum atomic E-state index is -0.455. The molecule has 0 unspecified atom stereocenters. The monoisotopic (exact) mass is 261 g/mol. The van der Waals surface area contributed by atoms with Crippen LogP contribution in [0.15, 0.2) is 30.7 Å². The summed E-state index contributed by atoms with van der Waals surface area (Å²) in [5.41, 5.74) is 0.945. The lowest BCUT2D eigenvalue weighted by atomic mass is 10.2. The van der Waals surface area contributed by atoms with Crippen LogP contribution < -0.4 is 5.32 Å². The van der Waals surface area contributed by atoms with Gasteiger partial charge in [-0.3, -0.25) is 14.8 Å². The Kier molecular flexibility index (Phi) is 4.07. The van der Waals surface area contributed by atoms with Gasteiger partial charge in [-0.1, -0.05) is 13.0 Å². The van der Waals surface area contributed by atoms with Crippen LogP contribution in [0.25, 0.3) is 0 Å². The van der Waals surface area contributed by atoms with E-state index in [0.29, 0.717) is 6.54 Å². The van der Waals surface area contributed by atoms with Crippen LogP contribution in [0.4, 0.5) is 11.5 Å². The third-order valence-electron chi connectivity index (χ3n) is 2.60. The van der Waals surface area contributed by atoms with Gasteiger partial charge in [-0.2, -0.15) is 5.10 Å². The lowest BCUT2D eigenvalue weighted by molar-refractivity contribution is -0.385. The molecule has 0 aromatic carbocycles. The van der Waals surface area contributed by atoms with Gasteiger partial charge in [0.25, 0.3) is 0 Å². The maximum Gasteiger partial charge on any atom is 0.307 e. The summed E-state index contributed by atoms with van der Waals surface area (Å²) in [6.45, 7) is 3.36. The number of rotatable bonds is 6. The fourth-order valence-electron chi connectivity index (χ4n) is 1.68.